The highest BCUT2D eigenvalue weighted by atomic mass is 16.1. The first kappa shape index (κ1) is 9.73. The molecule has 0 saturated carbocycles. The summed E-state index contributed by atoms with van der Waals surface area (Å²) in [5.74, 6) is -0.0771. The molecule has 0 radical (unpaired) electrons. The molecule has 1 aromatic rings. The number of anilines is 1. The van der Waals surface area contributed by atoms with Crippen molar-refractivity contribution >= 4 is 11.6 Å². The molecule has 1 amide bonds. The summed E-state index contributed by atoms with van der Waals surface area (Å²) >= 11 is 0. The van der Waals surface area contributed by atoms with Crippen molar-refractivity contribution in [2.45, 2.75) is 13.3 Å². The van der Waals surface area contributed by atoms with E-state index in [0.717, 1.165) is 0 Å². The van der Waals surface area contributed by atoms with Gasteiger partial charge in [-0.1, -0.05) is 6.92 Å². The number of nitrogens with zero attached hydrogens (tertiary/aromatic N) is 1. The lowest BCUT2D eigenvalue weighted by molar-refractivity contribution is -0.119. The number of H-pyrrole nitrogens is 1. The number of nitrogens with one attached hydrogen (secondary N) is 2. The number of carbonyl (C=O) groups is 1. The Balaban J connectivity index is 2.41. The van der Waals surface area contributed by atoms with Crippen molar-refractivity contribution in [3.8, 4) is 0 Å². The van der Waals surface area contributed by atoms with E-state index in [1.165, 1.54) is 0 Å². The van der Waals surface area contributed by atoms with Gasteiger partial charge in [-0.25, -0.2) is 0 Å². The number of aromatic amines is 1. The van der Waals surface area contributed by atoms with Gasteiger partial charge in [0.05, 0.1) is 11.9 Å². The van der Waals surface area contributed by atoms with Gasteiger partial charge >= 0.3 is 0 Å². The van der Waals surface area contributed by atoms with Crippen molar-refractivity contribution in [1.29, 1.82) is 0 Å². The van der Waals surface area contributed by atoms with E-state index in [2.05, 4.69) is 15.5 Å². The van der Waals surface area contributed by atoms with Crippen molar-refractivity contribution in [1.82, 2.24) is 10.2 Å². The van der Waals surface area contributed by atoms with Crippen LogP contribution in [0.15, 0.2) is 12.4 Å². The van der Waals surface area contributed by atoms with E-state index in [1.54, 1.807) is 12.4 Å². The van der Waals surface area contributed by atoms with E-state index in [1.807, 2.05) is 6.92 Å². The van der Waals surface area contributed by atoms with Crippen LogP contribution in [0.4, 0.5) is 5.69 Å². The molecule has 1 unspecified atom stereocenters. The summed E-state index contributed by atoms with van der Waals surface area (Å²) < 4.78 is 0. The number of rotatable bonds is 4. The topological polar surface area (TPSA) is 83.8 Å². The average molecular weight is 182 g/mol. The van der Waals surface area contributed by atoms with Crippen LogP contribution in [0.2, 0.25) is 0 Å². The molecule has 0 aliphatic carbocycles. The van der Waals surface area contributed by atoms with E-state index in [9.17, 15) is 4.79 Å². The fraction of sp³-hybridized carbons (Fsp3) is 0.500. The van der Waals surface area contributed by atoms with Gasteiger partial charge < -0.3 is 11.1 Å². The molecule has 5 heteroatoms. The van der Waals surface area contributed by atoms with Gasteiger partial charge in [-0.2, -0.15) is 5.10 Å². The molecule has 0 fully saturated rings. The van der Waals surface area contributed by atoms with Gasteiger partial charge in [0.2, 0.25) is 5.91 Å². The second-order valence-electron chi connectivity index (χ2n) is 2.95. The third-order valence-corrected chi connectivity index (χ3v) is 1.81. The molecule has 5 nitrogen and oxygen atoms in total. The van der Waals surface area contributed by atoms with Gasteiger partial charge in [0.1, 0.15) is 0 Å². The highest BCUT2D eigenvalue weighted by Gasteiger charge is 2.11. The second kappa shape index (κ2) is 4.61. The highest BCUT2D eigenvalue weighted by molar-refractivity contribution is 5.91. The minimum absolute atomic E-state index is 0.0214. The molecule has 72 valence electrons. The van der Waals surface area contributed by atoms with Crippen LogP contribution in [0.3, 0.4) is 0 Å². The Kier molecular flexibility index (Phi) is 3.45. The number of hydrogen-bond donors (Lipinski definition) is 3. The minimum Gasteiger partial charge on any atom is -0.330 e. The smallest absolute Gasteiger partial charge is 0.227 e. The predicted molar refractivity (Wildman–Crippen MR) is 50.1 cm³/mol. The van der Waals surface area contributed by atoms with Gasteiger partial charge in [-0.3, -0.25) is 9.89 Å². The lowest BCUT2D eigenvalue weighted by Gasteiger charge is -2.08. The monoisotopic (exact) mass is 182 g/mol. The Hall–Kier alpha value is -1.36. The first-order valence-electron chi connectivity index (χ1n) is 4.23. The van der Waals surface area contributed by atoms with Gasteiger partial charge in [-0.15, -0.1) is 0 Å². The third kappa shape index (κ3) is 2.87. The summed E-state index contributed by atoms with van der Waals surface area (Å²) in [6.07, 6.45) is 3.89. The minimum atomic E-state index is -0.0556. The third-order valence-electron chi connectivity index (χ3n) is 1.81. The molecular formula is C8H14N4O. The Morgan fingerprint density at radius 3 is 3.15 bits per heavy atom. The van der Waals surface area contributed by atoms with Crippen LogP contribution in [0.5, 0.6) is 0 Å². The van der Waals surface area contributed by atoms with Crippen LogP contribution in [0, 0.1) is 5.92 Å². The van der Waals surface area contributed by atoms with Crippen molar-refractivity contribution in [3.05, 3.63) is 12.4 Å². The molecule has 1 aromatic heterocycles. The standard InChI is InChI=1S/C8H14N4O/c1-6(2-3-9)8(13)12-7-4-10-11-5-7/h4-6H,2-3,9H2,1H3,(H,10,11)(H,12,13). The first-order chi connectivity index (χ1) is 6.24. The fourth-order valence-electron chi connectivity index (χ4n) is 0.966. The molecule has 0 bridgehead atoms. The maximum Gasteiger partial charge on any atom is 0.227 e. The van der Waals surface area contributed by atoms with Crippen LogP contribution in [0.1, 0.15) is 13.3 Å². The van der Waals surface area contributed by atoms with Gasteiger partial charge in [0, 0.05) is 12.1 Å². The summed E-state index contributed by atoms with van der Waals surface area (Å²) in [6, 6.07) is 0. The molecule has 13 heavy (non-hydrogen) atoms. The summed E-state index contributed by atoms with van der Waals surface area (Å²) in [5.41, 5.74) is 6.03. The second-order valence-corrected chi connectivity index (χ2v) is 2.95. The number of carbonyl (C=O) groups excluding carboxylic acids is 1. The van der Waals surface area contributed by atoms with Crippen molar-refractivity contribution in [2.75, 3.05) is 11.9 Å². The molecule has 0 aliphatic rings. The number of hydrogen-bond acceptors (Lipinski definition) is 3. The van der Waals surface area contributed by atoms with E-state index >= 15 is 0 Å². The molecule has 1 rings (SSSR count). The number of aromatic nitrogens is 2. The maximum atomic E-state index is 11.4. The molecule has 0 spiro atoms. The van der Waals surface area contributed by atoms with Crippen molar-refractivity contribution in [2.24, 2.45) is 11.7 Å². The largest absolute Gasteiger partial charge is 0.330 e. The quantitative estimate of drug-likeness (QED) is 0.627. The molecule has 0 aromatic carbocycles. The summed E-state index contributed by atoms with van der Waals surface area (Å²) in [5, 5.41) is 9.05. The van der Waals surface area contributed by atoms with Crippen molar-refractivity contribution < 1.29 is 4.79 Å². The average Bonchev–Trinajstić information content (AvgIpc) is 2.57. The Labute approximate surface area is 76.7 Å². The molecule has 0 aliphatic heterocycles. The Bertz CT molecular complexity index is 257. The maximum absolute atomic E-state index is 11.4. The zero-order valence-corrected chi connectivity index (χ0v) is 7.58. The van der Waals surface area contributed by atoms with Crippen molar-refractivity contribution in [3.63, 3.8) is 0 Å². The summed E-state index contributed by atoms with van der Waals surface area (Å²) in [7, 11) is 0. The zero-order valence-electron chi connectivity index (χ0n) is 7.58. The van der Waals surface area contributed by atoms with Crippen LogP contribution in [-0.2, 0) is 4.79 Å². The lowest BCUT2D eigenvalue weighted by Crippen LogP contribution is -2.22. The predicted octanol–water partition coefficient (Wildman–Crippen LogP) is 0.333. The van der Waals surface area contributed by atoms with E-state index in [-0.39, 0.29) is 11.8 Å². The fourth-order valence-corrected chi connectivity index (χ4v) is 0.966. The van der Waals surface area contributed by atoms with E-state index in [4.69, 9.17) is 5.73 Å². The van der Waals surface area contributed by atoms with Crippen LogP contribution < -0.4 is 11.1 Å². The van der Waals surface area contributed by atoms with Crippen LogP contribution >= 0.6 is 0 Å². The number of amides is 1. The molecule has 1 atom stereocenters. The molecular weight excluding hydrogens is 168 g/mol. The van der Waals surface area contributed by atoms with Crippen LogP contribution in [0.25, 0.3) is 0 Å². The van der Waals surface area contributed by atoms with E-state index in [0.29, 0.717) is 18.7 Å². The Morgan fingerprint density at radius 2 is 2.62 bits per heavy atom. The van der Waals surface area contributed by atoms with E-state index < -0.39 is 0 Å². The normalized spacial score (nSPS) is 12.5. The Morgan fingerprint density at radius 1 is 1.85 bits per heavy atom. The zero-order chi connectivity index (χ0) is 9.68. The van der Waals surface area contributed by atoms with Gasteiger partial charge in [0.25, 0.3) is 0 Å². The molecule has 0 saturated heterocycles. The van der Waals surface area contributed by atoms with Crippen LogP contribution in [-0.4, -0.2) is 22.6 Å². The molecule has 1 heterocycles. The summed E-state index contributed by atoms with van der Waals surface area (Å²) in [4.78, 5) is 11.4. The SMILES string of the molecule is CC(CCN)C(=O)Nc1cn[nH]c1. The molecule has 4 N–H and O–H groups in total. The summed E-state index contributed by atoms with van der Waals surface area (Å²) in [6.45, 7) is 2.38. The highest BCUT2D eigenvalue weighted by Crippen LogP contribution is 2.06. The van der Waals surface area contributed by atoms with Gasteiger partial charge in [-0.05, 0) is 13.0 Å². The first-order valence-corrected chi connectivity index (χ1v) is 4.23. The lowest BCUT2D eigenvalue weighted by atomic mass is 10.1. The van der Waals surface area contributed by atoms with Gasteiger partial charge in [0.15, 0.2) is 0 Å². The number of nitrogens with two attached hydrogens (primary N) is 1.